The van der Waals surface area contributed by atoms with Crippen molar-refractivity contribution in [3.8, 4) is 17.0 Å². The predicted octanol–water partition coefficient (Wildman–Crippen LogP) is 6.17. The summed E-state index contributed by atoms with van der Waals surface area (Å²) in [6, 6.07) is 5.97. The monoisotopic (exact) mass is 403 g/mol. The van der Waals surface area contributed by atoms with E-state index >= 15 is 0 Å². The third-order valence-corrected chi connectivity index (χ3v) is 3.49. The standard InChI is InChI=1S/C13H10F3N.C6H2F4O/c1-8-4-12(16)13(17-7-8)9-2-3-10(6-14)11(15)5-9;7-4-1-3(11-10)2-5(8)6(4)9/h2-5,7H,6H2,1H3;1-2H. The molecule has 0 aliphatic carbocycles. The summed E-state index contributed by atoms with van der Waals surface area (Å²) in [5, 5.41) is 0. The maximum Gasteiger partial charge on any atom is 0.194 e. The predicted molar refractivity (Wildman–Crippen MR) is 87.2 cm³/mol. The van der Waals surface area contributed by atoms with Gasteiger partial charge in [-0.05, 0) is 24.6 Å². The molecule has 0 bridgehead atoms. The molecule has 0 spiro atoms. The molecular formula is C19H12F7NO. The molecule has 1 aromatic heterocycles. The van der Waals surface area contributed by atoms with Crippen LogP contribution < -0.4 is 4.94 Å². The minimum Gasteiger partial charge on any atom is -0.294 e. The molecule has 0 N–H and O–H groups in total. The van der Waals surface area contributed by atoms with Crippen molar-refractivity contribution in [2.45, 2.75) is 13.6 Å². The SMILES string of the molecule is Cc1cnc(-c2ccc(CF)c(F)c2)c(F)c1.FOc1cc(F)c(F)c(F)c1. The van der Waals surface area contributed by atoms with Crippen LogP contribution in [0.2, 0.25) is 0 Å². The Hall–Kier alpha value is -3.10. The van der Waals surface area contributed by atoms with Crippen LogP contribution in [0.4, 0.5) is 30.9 Å². The first-order valence-corrected chi connectivity index (χ1v) is 7.66. The first kappa shape index (κ1) is 21.2. The van der Waals surface area contributed by atoms with E-state index in [2.05, 4.69) is 9.93 Å². The summed E-state index contributed by atoms with van der Waals surface area (Å²) in [7, 11) is 0. The van der Waals surface area contributed by atoms with Gasteiger partial charge in [0.25, 0.3) is 0 Å². The number of hydrogen-bond donors (Lipinski definition) is 0. The van der Waals surface area contributed by atoms with E-state index in [1.807, 2.05) is 0 Å². The summed E-state index contributed by atoms with van der Waals surface area (Å²) in [6.45, 7) is 0.836. The number of nitrogens with zero attached hydrogens (tertiary/aromatic N) is 1. The van der Waals surface area contributed by atoms with E-state index in [1.165, 1.54) is 24.4 Å². The molecule has 2 aromatic carbocycles. The Balaban J connectivity index is 0.000000221. The van der Waals surface area contributed by atoms with Gasteiger partial charge < -0.3 is 0 Å². The van der Waals surface area contributed by atoms with Crippen molar-refractivity contribution in [3.05, 3.63) is 82.8 Å². The van der Waals surface area contributed by atoms with Gasteiger partial charge in [0.05, 0.1) is 0 Å². The van der Waals surface area contributed by atoms with Gasteiger partial charge in [0.2, 0.25) is 0 Å². The van der Waals surface area contributed by atoms with Crippen molar-refractivity contribution in [3.63, 3.8) is 0 Å². The van der Waals surface area contributed by atoms with Crippen molar-refractivity contribution >= 4 is 0 Å². The molecule has 148 valence electrons. The van der Waals surface area contributed by atoms with E-state index in [-0.39, 0.29) is 11.3 Å². The van der Waals surface area contributed by atoms with E-state index in [0.717, 1.165) is 6.07 Å². The van der Waals surface area contributed by atoms with Gasteiger partial charge >= 0.3 is 0 Å². The van der Waals surface area contributed by atoms with E-state index in [9.17, 15) is 30.9 Å². The fourth-order valence-electron chi connectivity index (χ4n) is 2.13. The van der Waals surface area contributed by atoms with Crippen molar-refractivity contribution < 1.29 is 35.8 Å². The topological polar surface area (TPSA) is 22.1 Å². The van der Waals surface area contributed by atoms with Gasteiger partial charge in [-0.1, -0.05) is 12.1 Å². The molecule has 0 amide bonds. The fourth-order valence-corrected chi connectivity index (χ4v) is 2.13. The summed E-state index contributed by atoms with van der Waals surface area (Å²) in [4.78, 5) is 6.89. The number of rotatable bonds is 3. The number of pyridine rings is 1. The summed E-state index contributed by atoms with van der Waals surface area (Å²) in [5.41, 5.74) is 1.02. The fraction of sp³-hybridized carbons (Fsp3) is 0.105. The minimum atomic E-state index is -1.65. The Labute approximate surface area is 155 Å². The Morgan fingerprint density at radius 3 is 2.00 bits per heavy atom. The highest BCUT2D eigenvalue weighted by atomic mass is 19.3. The largest absolute Gasteiger partial charge is 0.294 e. The molecule has 2 nitrogen and oxygen atoms in total. The number of alkyl halides is 1. The zero-order valence-electron chi connectivity index (χ0n) is 14.2. The maximum atomic E-state index is 13.6. The normalized spacial score (nSPS) is 10.3. The highest BCUT2D eigenvalue weighted by Gasteiger charge is 2.11. The van der Waals surface area contributed by atoms with Crippen LogP contribution in [-0.2, 0) is 6.67 Å². The van der Waals surface area contributed by atoms with Crippen LogP contribution in [-0.4, -0.2) is 4.98 Å². The third kappa shape index (κ3) is 4.99. The molecular weight excluding hydrogens is 391 g/mol. The van der Waals surface area contributed by atoms with Crippen LogP contribution in [0.15, 0.2) is 42.6 Å². The van der Waals surface area contributed by atoms with Crippen molar-refractivity contribution in [1.82, 2.24) is 4.98 Å². The number of benzene rings is 2. The molecule has 0 radical (unpaired) electrons. The van der Waals surface area contributed by atoms with Crippen molar-refractivity contribution in [2.24, 2.45) is 0 Å². The van der Waals surface area contributed by atoms with Crippen molar-refractivity contribution in [1.29, 1.82) is 0 Å². The van der Waals surface area contributed by atoms with Crippen LogP contribution in [0, 0.1) is 36.0 Å². The quantitative estimate of drug-likeness (QED) is 0.385. The summed E-state index contributed by atoms with van der Waals surface area (Å²) < 4.78 is 87.0. The molecule has 3 aromatic rings. The molecule has 0 atom stereocenters. The highest BCUT2D eigenvalue weighted by molar-refractivity contribution is 5.60. The van der Waals surface area contributed by atoms with E-state index in [4.69, 9.17) is 0 Å². The lowest BCUT2D eigenvalue weighted by Gasteiger charge is -2.05. The van der Waals surface area contributed by atoms with Crippen LogP contribution in [0.25, 0.3) is 11.3 Å². The van der Waals surface area contributed by atoms with E-state index in [1.54, 1.807) is 6.92 Å². The number of aryl methyl sites for hydroxylation is 1. The Morgan fingerprint density at radius 1 is 0.857 bits per heavy atom. The Kier molecular flexibility index (Phi) is 6.97. The highest BCUT2D eigenvalue weighted by Crippen LogP contribution is 2.23. The van der Waals surface area contributed by atoms with Gasteiger partial charge in [0.1, 0.15) is 24.0 Å². The van der Waals surface area contributed by atoms with Crippen molar-refractivity contribution in [2.75, 3.05) is 0 Å². The molecule has 0 aliphatic rings. The lowest BCUT2D eigenvalue weighted by molar-refractivity contribution is -0.00711. The molecule has 0 fully saturated rings. The van der Waals surface area contributed by atoms with Gasteiger partial charge in [0.15, 0.2) is 23.2 Å². The second-order valence-corrected chi connectivity index (χ2v) is 5.56. The van der Waals surface area contributed by atoms with Gasteiger partial charge in [-0.3, -0.25) is 9.93 Å². The van der Waals surface area contributed by atoms with Gasteiger partial charge in [-0.15, -0.1) is 0 Å². The molecule has 0 saturated carbocycles. The van der Waals surface area contributed by atoms with E-state index < -0.39 is 41.5 Å². The molecule has 28 heavy (non-hydrogen) atoms. The molecule has 3 rings (SSSR count). The summed E-state index contributed by atoms with van der Waals surface area (Å²) in [5.74, 6) is -6.54. The lowest BCUT2D eigenvalue weighted by Crippen LogP contribution is -1.93. The first-order chi connectivity index (χ1) is 13.3. The molecule has 9 heteroatoms. The zero-order chi connectivity index (χ0) is 20.8. The third-order valence-electron chi connectivity index (χ3n) is 3.49. The first-order valence-electron chi connectivity index (χ1n) is 7.66. The van der Waals surface area contributed by atoms with Crippen LogP contribution in [0.5, 0.6) is 5.75 Å². The average molecular weight is 403 g/mol. The Bertz CT molecular complexity index is 955. The number of halogens is 7. The molecule has 0 saturated heterocycles. The zero-order valence-corrected chi connectivity index (χ0v) is 14.2. The summed E-state index contributed by atoms with van der Waals surface area (Å²) in [6.07, 6.45) is 1.50. The average Bonchev–Trinajstić information content (AvgIpc) is 2.66. The minimum absolute atomic E-state index is 0.0405. The van der Waals surface area contributed by atoms with Crippen LogP contribution in [0.1, 0.15) is 11.1 Å². The molecule has 0 unspecified atom stereocenters. The second-order valence-electron chi connectivity index (χ2n) is 5.56. The van der Waals surface area contributed by atoms with Crippen LogP contribution in [0.3, 0.4) is 0 Å². The van der Waals surface area contributed by atoms with Crippen LogP contribution >= 0.6 is 0 Å². The number of hydrogen-bond acceptors (Lipinski definition) is 2. The van der Waals surface area contributed by atoms with Gasteiger partial charge in [-0.25, -0.2) is 26.3 Å². The second kappa shape index (κ2) is 9.20. The maximum absolute atomic E-state index is 13.6. The molecule has 1 heterocycles. The smallest absolute Gasteiger partial charge is 0.194 e. The number of aromatic nitrogens is 1. The van der Waals surface area contributed by atoms with E-state index in [0.29, 0.717) is 23.3 Å². The Morgan fingerprint density at radius 2 is 1.50 bits per heavy atom. The van der Waals surface area contributed by atoms with Gasteiger partial charge in [-0.2, -0.15) is 0 Å². The lowest BCUT2D eigenvalue weighted by atomic mass is 10.1. The molecule has 0 aliphatic heterocycles. The summed E-state index contributed by atoms with van der Waals surface area (Å²) >= 11 is 0. The van der Waals surface area contributed by atoms with Gasteiger partial charge in [0, 0.05) is 34.0 Å².